The van der Waals surface area contributed by atoms with Crippen molar-refractivity contribution in [3.63, 3.8) is 0 Å². The molecule has 0 amide bonds. The molecule has 0 radical (unpaired) electrons. The molecule has 4 aromatic heterocycles. The maximum Gasteiger partial charge on any atom is 0.323 e. The van der Waals surface area contributed by atoms with Gasteiger partial charge in [0.15, 0.2) is 5.82 Å². The minimum Gasteiger partial charge on any atom is -0.396 e. The van der Waals surface area contributed by atoms with Gasteiger partial charge < -0.3 is 31.7 Å². The molecule has 4 heterocycles. The summed E-state index contributed by atoms with van der Waals surface area (Å²) in [4.78, 5) is 31.1. The number of nitriles is 1. The van der Waals surface area contributed by atoms with E-state index in [-0.39, 0.29) is 11.5 Å². The third kappa shape index (κ3) is 4.92. The standard InChI is InChI=1S/C15H18N6O.C8H6N6/c1-8-6-12(21(2)3)20-14(13(8)16)17-9-4-5-10-11(7-9)19-15(22)18-10;9-4-6-5-13-14(7(6)10)8-11-2-1-3-12-8/h4-7H,16H2,1-3H3,(H,17,20)(H2,18,19,22);1-3,5H,10H2. The summed E-state index contributed by atoms with van der Waals surface area (Å²) in [5, 5.41) is 15.8. The van der Waals surface area contributed by atoms with Crippen LogP contribution in [0.1, 0.15) is 11.1 Å². The SMILES string of the molecule is Cc1cc(N(C)C)nc(Nc2ccc3[nH]c(=O)[nH]c3c2)c1N.N#Cc1cnn(-c2ncccn2)c1N. The first-order valence-electron chi connectivity index (χ1n) is 10.7. The Bertz CT molecular complexity index is 1610. The second kappa shape index (κ2) is 9.85. The van der Waals surface area contributed by atoms with Crippen LogP contribution in [0.25, 0.3) is 17.0 Å². The lowest BCUT2D eigenvalue weighted by Crippen LogP contribution is -2.13. The smallest absolute Gasteiger partial charge is 0.323 e. The van der Waals surface area contributed by atoms with Crippen LogP contribution >= 0.6 is 0 Å². The summed E-state index contributed by atoms with van der Waals surface area (Å²) < 4.78 is 1.32. The van der Waals surface area contributed by atoms with Crippen molar-refractivity contribution in [2.45, 2.75) is 6.92 Å². The van der Waals surface area contributed by atoms with E-state index in [1.54, 1.807) is 18.5 Å². The molecular weight excluding hydrogens is 460 g/mol. The Hall–Kier alpha value is -5.38. The molecule has 0 saturated carbocycles. The number of nitrogen functional groups attached to an aromatic ring is 2. The number of hydrogen-bond donors (Lipinski definition) is 5. The number of benzene rings is 1. The molecule has 0 aliphatic carbocycles. The molecule has 5 aromatic rings. The predicted octanol–water partition coefficient (Wildman–Crippen LogP) is 2.07. The number of H-pyrrole nitrogens is 2. The molecule has 0 fully saturated rings. The highest BCUT2D eigenvalue weighted by molar-refractivity contribution is 5.82. The van der Waals surface area contributed by atoms with Gasteiger partial charge in [0.1, 0.15) is 23.3 Å². The molecule has 182 valence electrons. The molecule has 13 nitrogen and oxygen atoms in total. The van der Waals surface area contributed by atoms with E-state index in [0.29, 0.717) is 23.0 Å². The average Bonchev–Trinajstić information content (AvgIpc) is 3.43. The molecule has 7 N–H and O–H groups in total. The Balaban J connectivity index is 0.000000187. The van der Waals surface area contributed by atoms with Crippen molar-refractivity contribution in [1.29, 1.82) is 5.26 Å². The van der Waals surface area contributed by atoms with Crippen molar-refractivity contribution >= 4 is 39.9 Å². The Morgan fingerprint density at radius 1 is 1.11 bits per heavy atom. The molecule has 36 heavy (non-hydrogen) atoms. The molecule has 0 bridgehead atoms. The summed E-state index contributed by atoms with van der Waals surface area (Å²) in [7, 11) is 3.86. The molecule has 0 spiro atoms. The Morgan fingerprint density at radius 3 is 2.50 bits per heavy atom. The van der Waals surface area contributed by atoms with Crippen molar-refractivity contribution in [3.8, 4) is 12.0 Å². The number of pyridine rings is 1. The van der Waals surface area contributed by atoms with Crippen LogP contribution in [0.2, 0.25) is 0 Å². The maximum absolute atomic E-state index is 11.3. The van der Waals surface area contributed by atoms with E-state index in [1.807, 2.05) is 56.3 Å². The largest absolute Gasteiger partial charge is 0.396 e. The number of hydrogen-bond acceptors (Lipinski definition) is 10. The van der Waals surface area contributed by atoms with Crippen molar-refractivity contribution in [2.75, 3.05) is 35.8 Å². The monoisotopic (exact) mass is 484 g/mol. The number of nitrogens with one attached hydrogen (secondary N) is 3. The van der Waals surface area contributed by atoms with Gasteiger partial charge in [-0.2, -0.15) is 15.0 Å². The molecule has 0 aliphatic rings. The van der Waals surface area contributed by atoms with E-state index in [4.69, 9.17) is 16.7 Å². The van der Waals surface area contributed by atoms with Gasteiger partial charge in [-0.1, -0.05) is 0 Å². The summed E-state index contributed by atoms with van der Waals surface area (Å²) in [6, 6.07) is 11.1. The fraction of sp³-hybridized carbons (Fsp3) is 0.130. The van der Waals surface area contributed by atoms with E-state index in [0.717, 1.165) is 28.1 Å². The van der Waals surface area contributed by atoms with Crippen LogP contribution in [0, 0.1) is 18.3 Å². The second-order valence-electron chi connectivity index (χ2n) is 7.93. The van der Waals surface area contributed by atoms with Crippen LogP contribution in [-0.4, -0.2) is 48.8 Å². The molecule has 1 aromatic carbocycles. The summed E-state index contributed by atoms with van der Waals surface area (Å²) in [5.74, 6) is 2.02. The van der Waals surface area contributed by atoms with Gasteiger partial charge in [0, 0.05) is 32.2 Å². The van der Waals surface area contributed by atoms with E-state index in [2.05, 4.69) is 35.3 Å². The molecule has 5 rings (SSSR count). The number of aromatic nitrogens is 7. The first-order valence-corrected chi connectivity index (χ1v) is 10.7. The average molecular weight is 485 g/mol. The second-order valence-corrected chi connectivity index (χ2v) is 7.93. The molecule has 0 unspecified atom stereocenters. The zero-order valence-electron chi connectivity index (χ0n) is 19.8. The van der Waals surface area contributed by atoms with Gasteiger partial charge in [-0.05, 0) is 42.8 Å². The van der Waals surface area contributed by atoms with E-state index < -0.39 is 0 Å². The maximum atomic E-state index is 11.3. The summed E-state index contributed by atoms with van der Waals surface area (Å²) in [6.45, 7) is 1.95. The van der Waals surface area contributed by atoms with Crippen LogP contribution < -0.4 is 27.4 Å². The van der Waals surface area contributed by atoms with Gasteiger partial charge in [-0.15, -0.1) is 0 Å². The number of imidazole rings is 1. The lowest BCUT2D eigenvalue weighted by atomic mass is 10.2. The van der Waals surface area contributed by atoms with Crippen LogP contribution in [0.15, 0.2) is 53.7 Å². The van der Waals surface area contributed by atoms with Gasteiger partial charge in [0.05, 0.1) is 22.9 Å². The van der Waals surface area contributed by atoms with Crippen molar-refractivity contribution < 1.29 is 0 Å². The summed E-state index contributed by atoms with van der Waals surface area (Å²) in [6.07, 6.45) is 4.54. The highest BCUT2D eigenvalue weighted by Gasteiger charge is 2.10. The number of fused-ring (bicyclic) bond motifs is 1. The molecular formula is C23H24N12O. The molecule has 13 heteroatoms. The topological polar surface area (TPSA) is 196 Å². The van der Waals surface area contributed by atoms with Gasteiger partial charge in [-0.3, -0.25) is 0 Å². The fourth-order valence-corrected chi connectivity index (χ4v) is 3.24. The summed E-state index contributed by atoms with van der Waals surface area (Å²) >= 11 is 0. The normalized spacial score (nSPS) is 10.4. The third-order valence-electron chi connectivity index (χ3n) is 5.16. The first kappa shape index (κ1) is 23.8. The van der Waals surface area contributed by atoms with Gasteiger partial charge in [0.2, 0.25) is 0 Å². The summed E-state index contributed by atoms with van der Waals surface area (Å²) in [5.41, 5.74) is 15.7. The van der Waals surface area contributed by atoms with Crippen LogP contribution in [0.5, 0.6) is 0 Å². The number of anilines is 5. The van der Waals surface area contributed by atoms with Crippen molar-refractivity contribution in [3.05, 3.63) is 70.5 Å². The van der Waals surface area contributed by atoms with E-state index >= 15 is 0 Å². The highest BCUT2D eigenvalue weighted by Crippen LogP contribution is 2.28. The molecule has 0 saturated heterocycles. The van der Waals surface area contributed by atoms with E-state index in [9.17, 15) is 4.79 Å². The Morgan fingerprint density at radius 2 is 1.83 bits per heavy atom. The molecule has 0 atom stereocenters. The van der Waals surface area contributed by atoms with Crippen LogP contribution in [0.3, 0.4) is 0 Å². The predicted molar refractivity (Wildman–Crippen MR) is 138 cm³/mol. The number of nitrogens with zero attached hydrogens (tertiary/aromatic N) is 7. The zero-order chi connectivity index (χ0) is 25.8. The number of aromatic amines is 2. The number of aryl methyl sites for hydroxylation is 1. The molecule has 0 aliphatic heterocycles. The van der Waals surface area contributed by atoms with Gasteiger partial charge >= 0.3 is 5.69 Å². The number of nitrogens with two attached hydrogens (primary N) is 2. The first-order chi connectivity index (χ1) is 17.3. The van der Waals surface area contributed by atoms with Gasteiger partial charge in [0.25, 0.3) is 5.95 Å². The third-order valence-corrected chi connectivity index (χ3v) is 5.16. The fourth-order valence-electron chi connectivity index (χ4n) is 3.24. The minimum atomic E-state index is -0.227. The lowest BCUT2D eigenvalue weighted by molar-refractivity contribution is 0.817. The van der Waals surface area contributed by atoms with Crippen LogP contribution in [-0.2, 0) is 0 Å². The van der Waals surface area contributed by atoms with Crippen molar-refractivity contribution in [2.24, 2.45) is 0 Å². The van der Waals surface area contributed by atoms with E-state index in [1.165, 1.54) is 10.9 Å². The highest BCUT2D eigenvalue weighted by atomic mass is 16.1. The number of rotatable bonds is 4. The lowest BCUT2D eigenvalue weighted by Gasteiger charge is -2.17. The quantitative estimate of drug-likeness (QED) is 0.252. The van der Waals surface area contributed by atoms with Crippen LogP contribution in [0.4, 0.5) is 28.8 Å². The minimum absolute atomic E-state index is 0.227. The van der Waals surface area contributed by atoms with Gasteiger partial charge in [-0.25, -0.2) is 19.7 Å². The Labute approximate surface area is 205 Å². The Kier molecular flexibility index (Phi) is 6.51. The zero-order valence-corrected chi connectivity index (χ0v) is 19.8. The van der Waals surface area contributed by atoms with Crippen molar-refractivity contribution in [1.82, 2.24) is 34.7 Å².